The largest absolute Gasteiger partial charge is 0.385 e. The van der Waals surface area contributed by atoms with Crippen LogP contribution in [0.1, 0.15) is 32.1 Å². The van der Waals surface area contributed by atoms with Gasteiger partial charge in [-0.05, 0) is 25.7 Å². The van der Waals surface area contributed by atoms with Gasteiger partial charge in [0.2, 0.25) is 0 Å². The number of hydrogen-bond donors (Lipinski definition) is 2. The van der Waals surface area contributed by atoms with Crippen LogP contribution in [0.25, 0.3) is 0 Å². The average Bonchev–Trinajstić information content (AvgIpc) is 2.30. The molecule has 1 unspecified atom stereocenters. The zero-order chi connectivity index (χ0) is 11.8. The minimum atomic E-state index is -0.419. The van der Waals surface area contributed by atoms with Crippen LogP contribution in [0.4, 0.5) is 0 Å². The Balaban J connectivity index is 2.16. The number of carbonyl (C=O) groups is 1. The molecule has 1 rings (SSSR count). The third-order valence-electron chi connectivity index (χ3n) is 2.82. The van der Waals surface area contributed by atoms with Gasteiger partial charge in [-0.1, -0.05) is 6.42 Å². The zero-order valence-electron chi connectivity index (χ0n) is 10.1. The van der Waals surface area contributed by atoms with E-state index in [1.807, 2.05) is 5.01 Å². The molecular formula is C11H23N3O2. The fraction of sp³-hybridized carbons (Fsp3) is 0.909. The predicted molar refractivity (Wildman–Crippen MR) is 62.7 cm³/mol. The van der Waals surface area contributed by atoms with Crippen LogP contribution in [0.5, 0.6) is 0 Å². The van der Waals surface area contributed by atoms with Crippen molar-refractivity contribution in [1.82, 2.24) is 10.4 Å². The van der Waals surface area contributed by atoms with Crippen molar-refractivity contribution in [1.29, 1.82) is 0 Å². The number of nitrogens with one attached hydrogen (secondary N) is 1. The van der Waals surface area contributed by atoms with Gasteiger partial charge < -0.3 is 10.5 Å². The fourth-order valence-electron chi connectivity index (χ4n) is 1.82. The van der Waals surface area contributed by atoms with Crippen LogP contribution in [-0.4, -0.2) is 43.8 Å². The average molecular weight is 229 g/mol. The van der Waals surface area contributed by atoms with Crippen molar-refractivity contribution < 1.29 is 9.53 Å². The van der Waals surface area contributed by atoms with Crippen LogP contribution >= 0.6 is 0 Å². The number of nitrogens with two attached hydrogens (primary N) is 1. The molecule has 0 bridgehead atoms. The van der Waals surface area contributed by atoms with E-state index < -0.39 is 6.04 Å². The smallest absolute Gasteiger partial charge is 0.251 e. The molecule has 1 fully saturated rings. The number of nitrogens with zero attached hydrogens (tertiary/aromatic N) is 1. The van der Waals surface area contributed by atoms with Crippen molar-refractivity contribution in [2.45, 2.75) is 38.1 Å². The van der Waals surface area contributed by atoms with Crippen LogP contribution in [0, 0.1) is 0 Å². The van der Waals surface area contributed by atoms with Gasteiger partial charge in [-0.25, -0.2) is 5.01 Å². The third kappa shape index (κ3) is 4.92. The Morgan fingerprint density at radius 2 is 2.12 bits per heavy atom. The molecule has 0 aromatic heterocycles. The van der Waals surface area contributed by atoms with E-state index in [9.17, 15) is 4.79 Å². The fourth-order valence-corrected chi connectivity index (χ4v) is 1.82. The molecule has 1 heterocycles. The summed E-state index contributed by atoms with van der Waals surface area (Å²) in [6, 6.07) is -0.419. The molecule has 0 saturated carbocycles. The summed E-state index contributed by atoms with van der Waals surface area (Å²) in [7, 11) is 1.65. The van der Waals surface area contributed by atoms with Gasteiger partial charge >= 0.3 is 0 Å². The summed E-state index contributed by atoms with van der Waals surface area (Å²) in [5.41, 5.74) is 8.66. The molecule has 16 heavy (non-hydrogen) atoms. The molecule has 1 aliphatic rings. The quantitative estimate of drug-likeness (QED) is 0.641. The standard InChI is InChI=1S/C11H23N3O2/c1-16-9-5-6-10(12)11(15)13-14-7-3-2-4-8-14/h10H,2-9,12H2,1H3,(H,13,15). The van der Waals surface area contributed by atoms with Crippen molar-refractivity contribution in [2.24, 2.45) is 5.73 Å². The van der Waals surface area contributed by atoms with Gasteiger partial charge in [0.15, 0.2) is 0 Å². The van der Waals surface area contributed by atoms with Crippen LogP contribution in [0.3, 0.4) is 0 Å². The highest BCUT2D eigenvalue weighted by Gasteiger charge is 2.17. The van der Waals surface area contributed by atoms with E-state index in [-0.39, 0.29) is 5.91 Å². The minimum Gasteiger partial charge on any atom is -0.385 e. The number of amides is 1. The van der Waals surface area contributed by atoms with E-state index in [2.05, 4.69) is 5.43 Å². The number of rotatable bonds is 6. The summed E-state index contributed by atoms with van der Waals surface area (Å²) in [4.78, 5) is 11.7. The first kappa shape index (κ1) is 13.4. The minimum absolute atomic E-state index is 0.0713. The van der Waals surface area contributed by atoms with Gasteiger partial charge in [-0.3, -0.25) is 10.2 Å². The molecule has 0 aromatic rings. The van der Waals surface area contributed by atoms with Crippen LogP contribution in [-0.2, 0) is 9.53 Å². The summed E-state index contributed by atoms with van der Waals surface area (Å²) in [5.74, 6) is -0.0713. The summed E-state index contributed by atoms with van der Waals surface area (Å²) >= 11 is 0. The summed E-state index contributed by atoms with van der Waals surface area (Å²) < 4.78 is 4.92. The first-order valence-electron chi connectivity index (χ1n) is 6.04. The molecule has 3 N–H and O–H groups in total. The Hall–Kier alpha value is -0.650. The maximum absolute atomic E-state index is 11.7. The molecule has 0 radical (unpaired) electrons. The van der Waals surface area contributed by atoms with E-state index in [0.717, 1.165) is 32.4 Å². The lowest BCUT2D eigenvalue weighted by atomic mass is 10.1. The summed E-state index contributed by atoms with van der Waals surface area (Å²) in [6.07, 6.45) is 5.06. The lowest BCUT2D eigenvalue weighted by Gasteiger charge is -2.28. The molecule has 1 aliphatic heterocycles. The molecule has 1 saturated heterocycles. The Bertz CT molecular complexity index is 205. The summed E-state index contributed by atoms with van der Waals surface area (Å²) in [5, 5.41) is 1.97. The third-order valence-corrected chi connectivity index (χ3v) is 2.82. The first-order valence-corrected chi connectivity index (χ1v) is 6.04. The number of hydrazine groups is 1. The molecule has 5 nitrogen and oxygen atoms in total. The number of hydrogen-bond acceptors (Lipinski definition) is 4. The van der Waals surface area contributed by atoms with E-state index in [1.54, 1.807) is 7.11 Å². The topological polar surface area (TPSA) is 67.6 Å². The highest BCUT2D eigenvalue weighted by atomic mass is 16.5. The number of piperidine rings is 1. The Labute approximate surface area is 97.3 Å². The highest BCUT2D eigenvalue weighted by Crippen LogP contribution is 2.06. The molecule has 1 amide bonds. The molecule has 5 heteroatoms. The van der Waals surface area contributed by atoms with E-state index in [1.165, 1.54) is 6.42 Å². The Morgan fingerprint density at radius 3 is 2.75 bits per heavy atom. The van der Waals surface area contributed by atoms with Gasteiger partial charge in [0.25, 0.3) is 5.91 Å². The second-order valence-corrected chi connectivity index (χ2v) is 4.27. The monoisotopic (exact) mass is 229 g/mol. The lowest BCUT2D eigenvalue weighted by Crippen LogP contribution is -2.51. The van der Waals surface area contributed by atoms with E-state index >= 15 is 0 Å². The second-order valence-electron chi connectivity index (χ2n) is 4.27. The number of methoxy groups -OCH3 is 1. The molecule has 1 atom stereocenters. The van der Waals surface area contributed by atoms with Crippen LogP contribution < -0.4 is 11.2 Å². The van der Waals surface area contributed by atoms with Crippen molar-refractivity contribution in [2.75, 3.05) is 26.8 Å². The van der Waals surface area contributed by atoms with Crippen molar-refractivity contribution in [3.63, 3.8) is 0 Å². The molecular weight excluding hydrogens is 206 g/mol. The maximum Gasteiger partial charge on any atom is 0.251 e. The van der Waals surface area contributed by atoms with Crippen molar-refractivity contribution >= 4 is 5.91 Å². The van der Waals surface area contributed by atoms with Gasteiger partial charge in [-0.15, -0.1) is 0 Å². The van der Waals surface area contributed by atoms with Crippen molar-refractivity contribution in [3.8, 4) is 0 Å². The van der Waals surface area contributed by atoms with E-state index in [0.29, 0.717) is 13.0 Å². The highest BCUT2D eigenvalue weighted by molar-refractivity contribution is 5.80. The SMILES string of the molecule is COCCCC(N)C(=O)NN1CCCCC1. The predicted octanol–water partition coefficient (Wildman–Crippen LogP) is 0.257. The van der Waals surface area contributed by atoms with Crippen LogP contribution in [0.15, 0.2) is 0 Å². The van der Waals surface area contributed by atoms with Crippen LogP contribution in [0.2, 0.25) is 0 Å². The lowest BCUT2D eigenvalue weighted by molar-refractivity contribution is -0.127. The van der Waals surface area contributed by atoms with E-state index in [4.69, 9.17) is 10.5 Å². The molecule has 0 spiro atoms. The molecule has 94 valence electrons. The first-order chi connectivity index (χ1) is 7.74. The van der Waals surface area contributed by atoms with Crippen molar-refractivity contribution in [3.05, 3.63) is 0 Å². The Morgan fingerprint density at radius 1 is 1.44 bits per heavy atom. The second kappa shape index (κ2) is 7.60. The Kier molecular flexibility index (Phi) is 6.37. The van der Waals surface area contributed by atoms with Gasteiger partial charge in [0, 0.05) is 26.8 Å². The number of carbonyl (C=O) groups excluding carboxylic acids is 1. The maximum atomic E-state index is 11.7. The van der Waals surface area contributed by atoms with Gasteiger partial charge in [0.1, 0.15) is 0 Å². The summed E-state index contributed by atoms with van der Waals surface area (Å²) in [6.45, 7) is 2.54. The molecule has 0 aliphatic carbocycles. The van der Waals surface area contributed by atoms with Gasteiger partial charge in [-0.2, -0.15) is 0 Å². The molecule has 0 aromatic carbocycles. The normalized spacial score (nSPS) is 19.4. The zero-order valence-corrected chi connectivity index (χ0v) is 10.1. The number of ether oxygens (including phenoxy) is 1. The van der Waals surface area contributed by atoms with Gasteiger partial charge in [0.05, 0.1) is 6.04 Å².